The molecule has 2 aromatic carbocycles. The Morgan fingerprint density at radius 3 is 2.31 bits per heavy atom. The third-order valence-electron chi connectivity index (χ3n) is 4.50. The van der Waals surface area contributed by atoms with Crippen LogP contribution in [-0.2, 0) is 17.8 Å². The molecule has 0 aliphatic carbocycles. The summed E-state index contributed by atoms with van der Waals surface area (Å²) in [5, 5.41) is 3.47. The summed E-state index contributed by atoms with van der Waals surface area (Å²) in [6.45, 7) is 2.45. The second-order valence-corrected chi connectivity index (χ2v) is 7.62. The summed E-state index contributed by atoms with van der Waals surface area (Å²) < 4.78 is 0. The fraction of sp³-hybridized carbons (Fsp3) is 0.381. The first-order valence-corrected chi connectivity index (χ1v) is 10.1. The summed E-state index contributed by atoms with van der Waals surface area (Å²) >= 11 is 1.94. The number of hydrogen-bond acceptors (Lipinski definition) is 3. The second-order valence-electron chi connectivity index (χ2n) is 6.47. The van der Waals surface area contributed by atoms with E-state index in [-0.39, 0.29) is 18.3 Å². The fourth-order valence-corrected chi connectivity index (χ4v) is 4.04. The minimum Gasteiger partial charge on any atom is -0.338 e. The van der Waals surface area contributed by atoms with Gasteiger partial charge in [-0.2, -0.15) is 11.8 Å². The largest absolute Gasteiger partial charge is 0.338 e. The monoisotopic (exact) mass is 390 g/mol. The summed E-state index contributed by atoms with van der Waals surface area (Å²) in [7, 11) is 0. The normalized spacial score (nSPS) is 16.5. The lowest BCUT2D eigenvalue weighted by Crippen LogP contribution is -2.43. The molecule has 5 heteroatoms. The van der Waals surface area contributed by atoms with Crippen LogP contribution in [0.15, 0.2) is 60.7 Å². The lowest BCUT2D eigenvalue weighted by atomic mass is 10.1. The molecule has 140 valence electrons. The molecule has 3 rings (SSSR count). The Kier molecular flexibility index (Phi) is 9.02. The molecule has 0 saturated carbocycles. The van der Waals surface area contributed by atoms with E-state index >= 15 is 0 Å². The Morgan fingerprint density at radius 1 is 1.04 bits per heavy atom. The summed E-state index contributed by atoms with van der Waals surface area (Å²) in [5.41, 5.74) is 2.47. The molecular formula is C21H27ClN2OS. The Labute approximate surface area is 167 Å². The van der Waals surface area contributed by atoms with Crippen molar-refractivity contribution < 1.29 is 4.79 Å². The average molecular weight is 391 g/mol. The Hall–Kier alpha value is -1.49. The molecule has 1 atom stereocenters. The van der Waals surface area contributed by atoms with Gasteiger partial charge in [-0.05, 0) is 17.5 Å². The highest BCUT2D eigenvalue weighted by Gasteiger charge is 2.21. The van der Waals surface area contributed by atoms with Crippen molar-refractivity contribution in [2.75, 3.05) is 24.6 Å². The zero-order valence-corrected chi connectivity index (χ0v) is 16.6. The molecule has 1 aliphatic rings. The maximum absolute atomic E-state index is 12.9. The predicted octanol–water partition coefficient (Wildman–Crippen LogP) is 3.77. The summed E-state index contributed by atoms with van der Waals surface area (Å²) in [6.07, 6.45) is 1.49. The Bertz CT molecular complexity index is 648. The van der Waals surface area contributed by atoms with Gasteiger partial charge in [0, 0.05) is 43.6 Å². The standard InChI is InChI=1S/C21H26N2OS.ClH/c24-21(15-20-17-25-14-12-22-20)23(16-19-9-5-2-6-10-19)13-11-18-7-3-1-4-8-18;/h1-10,20,22H,11-17H2;1H. The van der Waals surface area contributed by atoms with E-state index in [4.69, 9.17) is 0 Å². The van der Waals surface area contributed by atoms with Gasteiger partial charge in [0.2, 0.25) is 5.91 Å². The third kappa shape index (κ3) is 6.67. The summed E-state index contributed by atoms with van der Waals surface area (Å²) in [5.74, 6) is 2.43. The predicted molar refractivity (Wildman–Crippen MR) is 113 cm³/mol. The van der Waals surface area contributed by atoms with Gasteiger partial charge in [0.15, 0.2) is 0 Å². The number of rotatable bonds is 7. The maximum atomic E-state index is 12.9. The highest BCUT2D eigenvalue weighted by Crippen LogP contribution is 2.14. The number of nitrogens with one attached hydrogen (secondary N) is 1. The first-order valence-electron chi connectivity index (χ1n) is 8.98. The van der Waals surface area contributed by atoms with E-state index in [1.54, 1.807) is 0 Å². The molecule has 1 N–H and O–H groups in total. The van der Waals surface area contributed by atoms with Crippen LogP contribution in [0.4, 0.5) is 0 Å². The van der Waals surface area contributed by atoms with E-state index in [1.165, 1.54) is 11.1 Å². The SMILES string of the molecule is Cl.O=C(CC1CSCCN1)N(CCc1ccccc1)Cc1ccccc1. The highest BCUT2D eigenvalue weighted by atomic mass is 35.5. The first-order chi connectivity index (χ1) is 12.3. The van der Waals surface area contributed by atoms with Crippen LogP contribution in [-0.4, -0.2) is 41.4 Å². The zero-order valence-electron chi connectivity index (χ0n) is 15.0. The molecular weight excluding hydrogens is 364 g/mol. The van der Waals surface area contributed by atoms with Gasteiger partial charge in [-0.1, -0.05) is 60.7 Å². The minimum absolute atomic E-state index is 0. The quantitative estimate of drug-likeness (QED) is 0.780. The van der Waals surface area contributed by atoms with Crippen molar-refractivity contribution in [1.82, 2.24) is 10.2 Å². The molecule has 1 saturated heterocycles. The van der Waals surface area contributed by atoms with E-state index in [9.17, 15) is 4.79 Å². The van der Waals surface area contributed by atoms with Crippen LogP contribution in [0.1, 0.15) is 17.5 Å². The molecule has 1 amide bonds. The summed E-state index contributed by atoms with van der Waals surface area (Å²) in [4.78, 5) is 14.9. The van der Waals surface area contributed by atoms with Gasteiger partial charge in [-0.3, -0.25) is 4.79 Å². The van der Waals surface area contributed by atoms with Crippen molar-refractivity contribution in [2.45, 2.75) is 25.4 Å². The third-order valence-corrected chi connectivity index (χ3v) is 5.63. The van der Waals surface area contributed by atoms with E-state index in [2.05, 4.69) is 41.7 Å². The number of benzene rings is 2. The lowest BCUT2D eigenvalue weighted by Gasteiger charge is -2.28. The smallest absolute Gasteiger partial charge is 0.224 e. The Balaban J connectivity index is 0.00000243. The average Bonchev–Trinajstić information content (AvgIpc) is 2.67. The van der Waals surface area contributed by atoms with E-state index < -0.39 is 0 Å². The second kappa shape index (κ2) is 11.3. The number of carbonyl (C=O) groups excluding carboxylic acids is 1. The van der Waals surface area contributed by atoms with Gasteiger partial charge in [0.05, 0.1) is 0 Å². The first kappa shape index (κ1) is 20.8. The maximum Gasteiger partial charge on any atom is 0.224 e. The number of amides is 1. The molecule has 0 spiro atoms. The summed E-state index contributed by atoms with van der Waals surface area (Å²) in [6, 6.07) is 21.0. The molecule has 1 aliphatic heterocycles. The van der Waals surface area contributed by atoms with Crippen molar-refractivity contribution in [1.29, 1.82) is 0 Å². The van der Waals surface area contributed by atoms with Gasteiger partial charge in [-0.25, -0.2) is 0 Å². The van der Waals surface area contributed by atoms with Crippen molar-refractivity contribution in [3.05, 3.63) is 71.8 Å². The molecule has 0 aromatic heterocycles. The fourth-order valence-electron chi connectivity index (χ4n) is 3.10. The van der Waals surface area contributed by atoms with Crippen molar-refractivity contribution in [2.24, 2.45) is 0 Å². The van der Waals surface area contributed by atoms with E-state index in [0.29, 0.717) is 19.0 Å². The van der Waals surface area contributed by atoms with Crippen LogP contribution in [0.2, 0.25) is 0 Å². The van der Waals surface area contributed by atoms with Gasteiger partial charge in [0.1, 0.15) is 0 Å². The van der Waals surface area contributed by atoms with Crippen molar-refractivity contribution >= 4 is 30.1 Å². The molecule has 0 bridgehead atoms. The molecule has 26 heavy (non-hydrogen) atoms. The van der Waals surface area contributed by atoms with Gasteiger partial charge in [-0.15, -0.1) is 12.4 Å². The Morgan fingerprint density at radius 2 is 1.69 bits per heavy atom. The molecule has 3 nitrogen and oxygen atoms in total. The number of carbonyl (C=O) groups is 1. The van der Waals surface area contributed by atoms with Crippen LogP contribution >= 0.6 is 24.2 Å². The van der Waals surface area contributed by atoms with E-state index in [1.807, 2.05) is 40.9 Å². The zero-order chi connectivity index (χ0) is 17.3. The van der Waals surface area contributed by atoms with Crippen molar-refractivity contribution in [3.8, 4) is 0 Å². The van der Waals surface area contributed by atoms with Crippen LogP contribution in [0, 0.1) is 0 Å². The number of thioether (sulfide) groups is 1. The molecule has 2 aromatic rings. The lowest BCUT2D eigenvalue weighted by molar-refractivity contribution is -0.132. The number of halogens is 1. The van der Waals surface area contributed by atoms with Gasteiger partial charge < -0.3 is 10.2 Å². The number of nitrogens with zero attached hydrogens (tertiary/aromatic N) is 1. The van der Waals surface area contributed by atoms with Crippen molar-refractivity contribution in [3.63, 3.8) is 0 Å². The highest BCUT2D eigenvalue weighted by molar-refractivity contribution is 7.99. The molecule has 1 heterocycles. The van der Waals surface area contributed by atoms with Gasteiger partial charge >= 0.3 is 0 Å². The number of hydrogen-bond donors (Lipinski definition) is 1. The van der Waals surface area contributed by atoms with Crippen LogP contribution in [0.25, 0.3) is 0 Å². The topological polar surface area (TPSA) is 32.3 Å². The molecule has 0 radical (unpaired) electrons. The van der Waals surface area contributed by atoms with Crippen LogP contribution in [0.3, 0.4) is 0 Å². The van der Waals surface area contributed by atoms with E-state index in [0.717, 1.165) is 31.0 Å². The minimum atomic E-state index is 0. The van der Waals surface area contributed by atoms with Crippen LogP contribution < -0.4 is 5.32 Å². The molecule has 1 unspecified atom stereocenters. The van der Waals surface area contributed by atoms with Gasteiger partial charge in [0.25, 0.3) is 0 Å². The molecule has 1 fully saturated rings. The van der Waals surface area contributed by atoms with Crippen LogP contribution in [0.5, 0.6) is 0 Å².